The predicted octanol–water partition coefficient (Wildman–Crippen LogP) is 1.59. The van der Waals surface area contributed by atoms with Gasteiger partial charge in [-0.2, -0.15) is 5.10 Å². The van der Waals surface area contributed by atoms with Crippen molar-refractivity contribution in [3.8, 4) is 0 Å². The highest BCUT2D eigenvalue weighted by atomic mass is 16.5. The number of likely N-dealkylation sites (tertiary alicyclic amines) is 1. The van der Waals surface area contributed by atoms with Gasteiger partial charge in [0.2, 0.25) is 5.91 Å². The molecule has 8 heteroatoms. The number of amides is 2. The van der Waals surface area contributed by atoms with Crippen molar-refractivity contribution >= 4 is 17.5 Å². The van der Waals surface area contributed by atoms with Crippen molar-refractivity contribution in [3.63, 3.8) is 0 Å². The molecule has 1 aromatic carbocycles. The zero-order chi connectivity index (χ0) is 20.1. The third-order valence-electron chi connectivity index (χ3n) is 5.37. The molecule has 8 nitrogen and oxygen atoms in total. The first-order valence-electron chi connectivity index (χ1n) is 10.2. The van der Waals surface area contributed by atoms with Crippen LogP contribution in [0.5, 0.6) is 0 Å². The second-order valence-corrected chi connectivity index (χ2v) is 7.55. The molecule has 0 atom stereocenters. The molecule has 0 radical (unpaired) electrons. The summed E-state index contributed by atoms with van der Waals surface area (Å²) in [5, 5.41) is 7.03. The van der Waals surface area contributed by atoms with Crippen LogP contribution >= 0.6 is 0 Å². The molecule has 0 bridgehead atoms. The third kappa shape index (κ3) is 5.21. The molecular formula is C21H27N5O3. The highest BCUT2D eigenvalue weighted by Gasteiger charge is 2.18. The first-order chi connectivity index (χ1) is 14.2. The molecule has 2 saturated heterocycles. The first-order valence-corrected chi connectivity index (χ1v) is 10.2. The first kappa shape index (κ1) is 19.6. The lowest BCUT2D eigenvalue weighted by molar-refractivity contribution is -0.136. The molecule has 0 aliphatic carbocycles. The lowest BCUT2D eigenvalue weighted by Crippen LogP contribution is -2.42. The number of ether oxygens (including phenoxy) is 1. The van der Waals surface area contributed by atoms with Gasteiger partial charge in [-0.1, -0.05) is 12.1 Å². The van der Waals surface area contributed by atoms with Crippen molar-refractivity contribution in [2.24, 2.45) is 0 Å². The van der Waals surface area contributed by atoms with Crippen LogP contribution in [-0.2, 0) is 22.6 Å². The summed E-state index contributed by atoms with van der Waals surface area (Å²) in [6, 6.07) is 7.73. The van der Waals surface area contributed by atoms with Crippen LogP contribution in [0.4, 0.5) is 5.69 Å². The Bertz CT molecular complexity index is 836. The van der Waals surface area contributed by atoms with E-state index in [2.05, 4.69) is 15.3 Å². The van der Waals surface area contributed by atoms with Crippen LogP contribution in [0.1, 0.15) is 28.8 Å². The van der Waals surface area contributed by atoms with Gasteiger partial charge in [0.05, 0.1) is 25.1 Å². The highest BCUT2D eigenvalue weighted by Crippen LogP contribution is 2.14. The Morgan fingerprint density at radius 1 is 1.03 bits per heavy atom. The average molecular weight is 397 g/mol. The summed E-state index contributed by atoms with van der Waals surface area (Å²) in [6.07, 6.45) is 5.78. The van der Waals surface area contributed by atoms with Gasteiger partial charge in [0, 0.05) is 31.4 Å². The molecule has 3 heterocycles. The quantitative estimate of drug-likeness (QED) is 0.801. The zero-order valence-corrected chi connectivity index (χ0v) is 16.5. The van der Waals surface area contributed by atoms with Crippen LogP contribution in [0.25, 0.3) is 0 Å². The molecule has 2 aliphatic rings. The van der Waals surface area contributed by atoms with Crippen molar-refractivity contribution in [2.45, 2.75) is 25.9 Å². The molecule has 154 valence electrons. The Labute approximate surface area is 170 Å². The van der Waals surface area contributed by atoms with Gasteiger partial charge < -0.3 is 15.0 Å². The molecule has 2 aliphatic heterocycles. The maximum absolute atomic E-state index is 12.5. The van der Waals surface area contributed by atoms with E-state index in [1.54, 1.807) is 22.0 Å². The SMILES string of the molecule is O=C(Nc1cnn(CC(=O)N2CCOCC2)c1)c1ccc(CN2CCCC2)cc1. The van der Waals surface area contributed by atoms with E-state index in [4.69, 9.17) is 4.74 Å². The fourth-order valence-electron chi connectivity index (χ4n) is 3.73. The molecule has 2 amide bonds. The lowest BCUT2D eigenvalue weighted by atomic mass is 10.1. The largest absolute Gasteiger partial charge is 0.378 e. The Kier molecular flexibility index (Phi) is 6.21. The van der Waals surface area contributed by atoms with E-state index in [9.17, 15) is 9.59 Å². The lowest BCUT2D eigenvalue weighted by Gasteiger charge is -2.26. The topological polar surface area (TPSA) is 79.7 Å². The minimum atomic E-state index is -0.184. The van der Waals surface area contributed by atoms with E-state index in [0.29, 0.717) is 37.6 Å². The Morgan fingerprint density at radius 3 is 2.48 bits per heavy atom. The Balaban J connectivity index is 1.29. The fraction of sp³-hybridized carbons (Fsp3) is 0.476. The minimum absolute atomic E-state index is 0.00266. The number of benzene rings is 1. The van der Waals surface area contributed by atoms with Gasteiger partial charge in [-0.15, -0.1) is 0 Å². The number of rotatable bonds is 6. The summed E-state index contributed by atoms with van der Waals surface area (Å²) in [6.45, 7) is 5.76. The molecule has 4 rings (SSSR count). The number of hydrogen-bond acceptors (Lipinski definition) is 5. The molecule has 1 N–H and O–H groups in total. The number of aromatic nitrogens is 2. The summed E-state index contributed by atoms with van der Waals surface area (Å²) in [5.74, 6) is -0.181. The van der Waals surface area contributed by atoms with Crippen molar-refractivity contribution in [1.29, 1.82) is 0 Å². The fourth-order valence-corrected chi connectivity index (χ4v) is 3.73. The van der Waals surface area contributed by atoms with E-state index in [0.717, 1.165) is 19.6 Å². The molecule has 2 aromatic rings. The van der Waals surface area contributed by atoms with Crippen molar-refractivity contribution in [1.82, 2.24) is 19.6 Å². The molecule has 0 spiro atoms. The number of carbonyl (C=O) groups is 2. The number of nitrogens with zero attached hydrogens (tertiary/aromatic N) is 4. The summed E-state index contributed by atoms with van der Waals surface area (Å²) in [4.78, 5) is 29.0. The van der Waals surface area contributed by atoms with Gasteiger partial charge in [-0.05, 0) is 43.6 Å². The van der Waals surface area contributed by atoms with Crippen LogP contribution in [0, 0.1) is 0 Å². The number of carbonyl (C=O) groups excluding carboxylic acids is 2. The molecule has 29 heavy (non-hydrogen) atoms. The maximum Gasteiger partial charge on any atom is 0.255 e. The summed E-state index contributed by atoms with van der Waals surface area (Å²) < 4.78 is 6.81. The van der Waals surface area contributed by atoms with Crippen LogP contribution in [-0.4, -0.2) is 70.8 Å². The van der Waals surface area contributed by atoms with Gasteiger partial charge in [-0.3, -0.25) is 19.2 Å². The minimum Gasteiger partial charge on any atom is -0.378 e. The van der Waals surface area contributed by atoms with Gasteiger partial charge in [0.15, 0.2) is 0 Å². The van der Waals surface area contributed by atoms with E-state index < -0.39 is 0 Å². The molecule has 0 saturated carbocycles. The van der Waals surface area contributed by atoms with Crippen molar-refractivity contribution in [2.75, 3.05) is 44.7 Å². The second-order valence-electron chi connectivity index (χ2n) is 7.55. The van der Waals surface area contributed by atoms with Crippen molar-refractivity contribution < 1.29 is 14.3 Å². The maximum atomic E-state index is 12.5. The Hall–Kier alpha value is -2.71. The standard InChI is InChI=1S/C21H27N5O3/c27-20(25-9-11-29-12-10-25)16-26-15-19(13-22-26)23-21(28)18-5-3-17(4-6-18)14-24-7-1-2-8-24/h3-6,13,15H,1-2,7-12,14,16H2,(H,23,28). The highest BCUT2D eigenvalue weighted by molar-refractivity contribution is 6.04. The van der Waals surface area contributed by atoms with Crippen LogP contribution in [0.15, 0.2) is 36.7 Å². The normalized spacial score (nSPS) is 17.4. The zero-order valence-electron chi connectivity index (χ0n) is 16.5. The molecule has 2 fully saturated rings. The molecule has 1 aromatic heterocycles. The van der Waals surface area contributed by atoms with Crippen LogP contribution in [0.3, 0.4) is 0 Å². The van der Waals surface area contributed by atoms with Crippen LogP contribution in [0.2, 0.25) is 0 Å². The van der Waals surface area contributed by atoms with E-state index in [-0.39, 0.29) is 18.4 Å². The van der Waals surface area contributed by atoms with E-state index in [1.807, 2.05) is 24.3 Å². The van der Waals surface area contributed by atoms with Gasteiger partial charge in [0.1, 0.15) is 6.54 Å². The molecular weight excluding hydrogens is 370 g/mol. The summed E-state index contributed by atoms with van der Waals surface area (Å²) in [7, 11) is 0. The summed E-state index contributed by atoms with van der Waals surface area (Å²) in [5.41, 5.74) is 2.40. The van der Waals surface area contributed by atoms with Gasteiger partial charge >= 0.3 is 0 Å². The average Bonchev–Trinajstić information content (AvgIpc) is 3.41. The predicted molar refractivity (Wildman–Crippen MR) is 109 cm³/mol. The second kappa shape index (κ2) is 9.19. The number of morpholine rings is 1. The Morgan fingerprint density at radius 2 is 1.76 bits per heavy atom. The number of hydrogen-bond donors (Lipinski definition) is 1. The third-order valence-corrected chi connectivity index (χ3v) is 5.37. The van der Waals surface area contributed by atoms with Gasteiger partial charge in [-0.25, -0.2) is 0 Å². The molecule has 0 unspecified atom stereocenters. The monoisotopic (exact) mass is 397 g/mol. The van der Waals surface area contributed by atoms with Crippen molar-refractivity contribution in [3.05, 3.63) is 47.8 Å². The van der Waals surface area contributed by atoms with E-state index in [1.165, 1.54) is 18.4 Å². The number of nitrogens with one attached hydrogen (secondary N) is 1. The number of anilines is 1. The smallest absolute Gasteiger partial charge is 0.255 e. The summed E-state index contributed by atoms with van der Waals surface area (Å²) >= 11 is 0. The van der Waals surface area contributed by atoms with Gasteiger partial charge in [0.25, 0.3) is 5.91 Å². The van der Waals surface area contributed by atoms with Crippen LogP contribution < -0.4 is 5.32 Å². The van der Waals surface area contributed by atoms with E-state index >= 15 is 0 Å².